The van der Waals surface area contributed by atoms with Crippen LogP contribution in [0.15, 0.2) is 18.2 Å². The Bertz CT molecular complexity index is 511. The number of amides is 1. The second-order valence-electron chi connectivity index (χ2n) is 5.89. The average Bonchev–Trinajstić information content (AvgIpc) is 2.48. The molecule has 1 fully saturated rings. The molecule has 0 spiro atoms. The van der Waals surface area contributed by atoms with Gasteiger partial charge < -0.3 is 10.4 Å². The van der Waals surface area contributed by atoms with Gasteiger partial charge in [0.25, 0.3) is 5.91 Å². The maximum absolute atomic E-state index is 13.1. The molecular weight excluding hydrogens is 276 g/mol. The number of halogens is 2. The van der Waals surface area contributed by atoms with Gasteiger partial charge in [0, 0.05) is 12.1 Å². The molecule has 0 saturated heterocycles. The largest absolute Gasteiger partial charge is 0.388 e. The van der Waals surface area contributed by atoms with Crippen LogP contribution in [0.5, 0.6) is 0 Å². The van der Waals surface area contributed by atoms with Crippen molar-refractivity contribution in [2.75, 3.05) is 6.54 Å². The minimum Gasteiger partial charge on any atom is -0.388 e. The van der Waals surface area contributed by atoms with E-state index < -0.39 is 23.1 Å². The first-order chi connectivity index (χ1) is 9.93. The Morgan fingerprint density at radius 3 is 2.57 bits per heavy atom. The predicted molar refractivity (Wildman–Crippen MR) is 75.9 cm³/mol. The highest BCUT2D eigenvalue weighted by Crippen LogP contribution is 2.33. The minimum absolute atomic E-state index is 0.0553. The van der Waals surface area contributed by atoms with Gasteiger partial charge >= 0.3 is 0 Å². The Hall–Kier alpha value is -1.49. The van der Waals surface area contributed by atoms with Crippen LogP contribution in [0.4, 0.5) is 8.78 Å². The first-order valence-corrected chi connectivity index (χ1v) is 7.39. The molecule has 0 unspecified atom stereocenters. The molecule has 2 N–H and O–H groups in total. The smallest absolute Gasteiger partial charge is 0.251 e. The van der Waals surface area contributed by atoms with Crippen molar-refractivity contribution >= 4 is 5.91 Å². The zero-order valence-electron chi connectivity index (χ0n) is 12.2. The average molecular weight is 297 g/mol. The quantitative estimate of drug-likeness (QED) is 0.897. The Balaban J connectivity index is 1.90. The molecule has 0 radical (unpaired) electrons. The highest BCUT2D eigenvalue weighted by atomic mass is 19.2. The van der Waals surface area contributed by atoms with Gasteiger partial charge in [-0.2, -0.15) is 0 Å². The van der Waals surface area contributed by atoms with E-state index in [4.69, 9.17) is 0 Å². The van der Waals surface area contributed by atoms with Crippen LogP contribution < -0.4 is 5.32 Å². The van der Waals surface area contributed by atoms with Gasteiger partial charge in [0.2, 0.25) is 0 Å². The van der Waals surface area contributed by atoms with Crippen LogP contribution >= 0.6 is 0 Å². The molecule has 21 heavy (non-hydrogen) atoms. The molecule has 1 amide bonds. The zero-order valence-corrected chi connectivity index (χ0v) is 12.2. The van der Waals surface area contributed by atoms with Crippen LogP contribution in [-0.4, -0.2) is 23.2 Å². The summed E-state index contributed by atoms with van der Waals surface area (Å²) in [7, 11) is 0. The lowest BCUT2D eigenvalue weighted by atomic mass is 9.78. The van der Waals surface area contributed by atoms with Gasteiger partial charge in [-0.05, 0) is 49.8 Å². The van der Waals surface area contributed by atoms with Crippen molar-refractivity contribution in [3.63, 3.8) is 0 Å². The van der Waals surface area contributed by atoms with Gasteiger partial charge in [-0.1, -0.05) is 13.3 Å². The molecule has 1 saturated carbocycles. The molecule has 0 bridgehead atoms. The minimum atomic E-state index is -1.05. The van der Waals surface area contributed by atoms with Gasteiger partial charge in [-0.3, -0.25) is 4.79 Å². The molecule has 0 aliphatic heterocycles. The summed E-state index contributed by atoms with van der Waals surface area (Å²) in [5.41, 5.74) is -0.834. The predicted octanol–water partition coefficient (Wildman–Crippen LogP) is 3.03. The van der Waals surface area contributed by atoms with Crippen LogP contribution in [0.2, 0.25) is 0 Å². The highest BCUT2D eigenvalue weighted by Gasteiger charge is 2.32. The van der Waals surface area contributed by atoms with Gasteiger partial charge in [-0.15, -0.1) is 0 Å². The summed E-state index contributed by atoms with van der Waals surface area (Å²) < 4.78 is 25.9. The second-order valence-corrected chi connectivity index (χ2v) is 5.89. The van der Waals surface area contributed by atoms with Crippen molar-refractivity contribution in [1.29, 1.82) is 0 Å². The van der Waals surface area contributed by atoms with Crippen molar-refractivity contribution in [2.45, 2.75) is 44.6 Å². The SMILES string of the molecule is CCC1CCC(O)(CNC(=O)c2ccc(F)c(F)c2)CC1. The summed E-state index contributed by atoms with van der Waals surface area (Å²) in [5.74, 6) is -1.89. The fraction of sp³-hybridized carbons (Fsp3) is 0.562. The molecule has 5 heteroatoms. The van der Waals surface area contributed by atoms with E-state index in [1.807, 2.05) is 0 Å². The topological polar surface area (TPSA) is 49.3 Å². The molecule has 0 aromatic heterocycles. The molecule has 1 aliphatic rings. The summed E-state index contributed by atoms with van der Waals surface area (Å²) in [6.45, 7) is 2.28. The van der Waals surface area contributed by atoms with Gasteiger partial charge in [0.1, 0.15) is 0 Å². The maximum Gasteiger partial charge on any atom is 0.251 e. The molecule has 1 aliphatic carbocycles. The van der Waals surface area contributed by atoms with E-state index in [0.717, 1.165) is 31.4 Å². The Labute approximate surface area is 123 Å². The number of hydrogen-bond acceptors (Lipinski definition) is 2. The molecule has 2 rings (SSSR count). The van der Waals surface area contributed by atoms with E-state index in [9.17, 15) is 18.7 Å². The van der Waals surface area contributed by atoms with Crippen LogP contribution in [0, 0.1) is 17.6 Å². The number of carbonyl (C=O) groups is 1. The normalized spacial score (nSPS) is 25.6. The van der Waals surface area contributed by atoms with Gasteiger partial charge in [0.05, 0.1) is 5.60 Å². The van der Waals surface area contributed by atoms with Crippen LogP contribution in [0.3, 0.4) is 0 Å². The Kier molecular flexibility index (Phi) is 4.93. The first kappa shape index (κ1) is 15.9. The van der Waals surface area contributed by atoms with E-state index >= 15 is 0 Å². The molecule has 1 aromatic rings. The van der Waals surface area contributed by atoms with E-state index in [1.165, 1.54) is 6.07 Å². The summed E-state index contributed by atoms with van der Waals surface area (Å²) in [4.78, 5) is 11.9. The summed E-state index contributed by atoms with van der Waals surface area (Å²) in [5, 5.41) is 13.0. The molecular formula is C16H21F2NO2. The summed E-state index contributed by atoms with van der Waals surface area (Å²) in [6.07, 6.45) is 4.33. The van der Waals surface area contributed by atoms with Crippen molar-refractivity contribution in [3.8, 4) is 0 Å². The lowest BCUT2D eigenvalue weighted by Gasteiger charge is -2.35. The van der Waals surface area contributed by atoms with Gasteiger partial charge in [-0.25, -0.2) is 8.78 Å². The monoisotopic (exact) mass is 297 g/mol. The van der Waals surface area contributed by atoms with Crippen molar-refractivity contribution in [1.82, 2.24) is 5.32 Å². The molecule has 0 atom stereocenters. The van der Waals surface area contributed by atoms with Crippen LogP contribution in [-0.2, 0) is 0 Å². The zero-order chi connectivity index (χ0) is 15.5. The molecule has 0 heterocycles. The third-order valence-corrected chi connectivity index (χ3v) is 4.37. The fourth-order valence-electron chi connectivity index (χ4n) is 2.78. The number of benzene rings is 1. The number of hydrogen-bond donors (Lipinski definition) is 2. The number of nitrogens with one attached hydrogen (secondary N) is 1. The molecule has 1 aromatic carbocycles. The maximum atomic E-state index is 13.1. The van der Waals surface area contributed by atoms with Crippen molar-refractivity contribution < 1.29 is 18.7 Å². The lowest BCUT2D eigenvalue weighted by molar-refractivity contribution is -0.00786. The number of aliphatic hydroxyl groups is 1. The van der Waals surface area contributed by atoms with E-state index in [-0.39, 0.29) is 12.1 Å². The van der Waals surface area contributed by atoms with E-state index in [2.05, 4.69) is 12.2 Å². The number of carbonyl (C=O) groups excluding carboxylic acids is 1. The standard InChI is InChI=1S/C16H21F2NO2/c1-2-11-5-7-16(21,8-6-11)10-19-15(20)12-3-4-13(17)14(18)9-12/h3-4,9,11,21H,2,5-8,10H2,1H3,(H,19,20). The number of rotatable bonds is 4. The van der Waals surface area contributed by atoms with Crippen LogP contribution in [0.25, 0.3) is 0 Å². The third kappa shape index (κ3) is 4.00. The first-order valence-electron chi connectivity index (χ1n) is 7.39. The Morgan fingerprint density at radius 1 is 1.33 bits per heavy atom. The molecule has 116 valence electrons. The van der Waals surface area contributed by atoms with Gasteiger partial charge in [0.15, 0.2) is 11.6 Å². The van der Waals surface area contributed by atoms with Crippen LogP contribution in [0.1, 0.15) is 49.4 Å². The summed E-state index contributed by atoms with van der Waals surface area (Å²) in [6, 6.07) is 3.01. The second kappa shape index (κ2) is 6.52. The summed E-state index contributed by atoms with van der Waals surface area (Å²) >= 11 is 0. The van der Waals surface area contributed by atoms with Crippen molar-refractivity contribution in [3.05, 3.63) is 35.4 Å². The van der Waals surface area contributed by atoms with E-state index in [0.29, 0.717) is 18.8 Å². The highest BCUT2D eigenvalue weighted by molar-refractivity contribution is 5.94. The Morgan fingerprint density at radius 2 is 2.00 bits per heavy atom. The third-order valence-electron chi connectivity index (χ3n) is 4.37. The lowest BCUT2D eigenvalue weighted by Crippen LogP contribution is -2.45. The van der Waals surface area contributed by atoms with E-state index in [1.54, 1.807) is 0 Å². The van der Waals surface area contributed by atoms with Crippen molar-refractivity contribution in [2.24, 2.45) is 5.92 Å². The fourth-order valence-corrected chi connectivity index (χ4v) is 2.78. The molecule has 3 nitrogen and oxygen atoms in total.